The normalized spacial score (nSPS) is 10.7. The Labute approximate surface area is 123 Å². The predicted molar refractivity (Wildman–Crippen MR) is 80.4 cm³/mol. The van der Waals surface area contributed by atoms with E-state index in [1.54, 1.807) is 19.0 Å². The number of nitrogens with zero attached hydrogens (tertiary/aromatic N) is 2. The third kappa shape index (κ3) is 4.29. The zero-order valence-electron chi connectivity index (χ0n) is 12.4. The number of nitrogens with two attached hydrogens (primary N) is 1. The number of thiophene rings is 1. The molecular formula is C13H22N4O2S. The van der Waals surface area contributed by atoms with Gasteiger partial charge in [-0.2, -0.15) is 0 Å². The summed E-state index contributed by atoms with van der Waals surface area (Å²) in [5.41, 5.74) is 3.19. The first-order chi connectivity index (χ1) is 9.38. The molecule has 2 amide bonds. The number of carbonyl (C=O) groups excluding carboxylic acids is 2. The van der Waals surface area contributed by atoms with E-state index in [1.165, 1.54) is 11.3 Å². The Morgan fingerprint density at radius 1 is 1.40 bits per heavy atom. The molecule has 0 bridgehead atoms. The molecule has 0 aromatic carbocycles. The standard InChI is InChI=1S/C13H22N4O2S/c1-5-17(8-12(18)16(3)4)7-10-6-11(13(19)15-14)20-9(10)2/h6H,5,7-8,14H2,1-4H3,(H,15,19). The number of amides is 2. The fraction of sp³-hybridized carbons (Fsp3) is 0.538. The monoisotopic (exact) mass is 298 g/mol. The SMILES string of the molecule is CCN(CC(=O)N(C)C)Cc1cc(C(=O)NN)sc1C. The third-order valence-corrected chi connectivity index (χ3v) is 4.17. The molecular weight excluding hydrogens is 276 g/mol. The topological polar surface area (TPSA) is 78.7 Å². The van der Waals surface area contributed by atoms with E-state index in [1.807, 2.05) is 24.8 Å². The van der Waals surface area contributed by atoms with Crippen LogP contribution < -0.4 is 11.3 Å². The lowest BCUT2D eigenvalue weighted by Gasteiger charge is -2.21. The van der Waals surface area contributed by atoms with Gasteiger partial charge in [0, 0.05) is 25.5 Å². The molecule has 1 aromatic heterocycles. The number of nitrogen functional groups attached to an aromatic ring is 1. The van der Waals surface area contributed by atoms with E-state index >= 15 is 0 Å². The molecule has 0 spiro atoms. The van der Waals surface area contributed by atoms with Gasteiger partial charge in [0.05, 0.1) is 11.4 Å². The van der Waals surface area contributed by atoms with Crippen LogP contribution in [-0.2, 0) is 11.3 Å². The average molecular weight is 298 g/mol. The lowest BCUT2D eigenvalue weighted by molar-refractivity contribution is -0.130. The largest absolute Gasteiger partial charge is 0.348 e. The van der Waals surface area contributed by atoms with Crippen molar-refractivity contribution in [1.29, 1.82) is 0 Å². The molecule has 1 heterocycles. The van der Waals surface area contributed by atoms with Crippen LogP contribution in [0.4, 0.5) is 0 Å². The van der Waals surface area contributed by atoms with Crippen LogP contribution in [0, 0.1) is 6.92 Å². The zero-order chi connectivity index (χ0) is 15.3. The molecule has 0 aliphatic carbocycles. The second-order valence-electron chi connectivity index (χ2n) is 4.76. The highest BCUT2D eigenvalue weighted by atomic mass is 32.1. The summed E-state index contributed by atoms with van der Waals surface area (Å²) in [6.45, 7) is 5.77. The van der Waals surface area contributed by atoms with Crippen molar-refractivity contribution in [3.8, 4) is 0 Å². The first-order valence-electron chi connectivity index (χ1n) is 6.41. The highest BCUT2D eigenvalue weighted by Gasteiger charge is 2.16. The summed E-state index contributed by atoms with van der Waals surface area (Å²) in [5.74, 6) is 4.92. The summed E-state index contributed by atoms with van der Waals surface area (Å²) in [5, 5.41) is 0. The molecule has 0 saturated heterocycles. The minimum atomic E-state index is -0.281. The molecule has 0 fully saturated rings. The number of aryl methyl sites for hydroxylation is 1. The van der Waals surface area contributed by atoms with Crippen LogP contribution in [0.15, 0.2) is 6.07 Å². The van der Waals surface area contributed by atoms with Crippen molar-refractivity contribution in [1.82, 2.24) is 15.2 Å². The maximum atomic E-state index is 11.8. The molecule has 0 saturated carbocycles. The number of hydrogen-bond acceptors (Lipinski definition) is 5. The van der Waals surface area contributed by atoms with Gasteiger partial charge in [-0.15, -0.1) is 11.3 Å². The highest BCUT2D eigenvalue weighted by Crippen LogP contribution is 2.22. The van der Waals surface area contributed by atoms with Crippen molar-refractivity contribution < 1.29 is 9.59 Å². The Morgan fingerprint density at radius 3 is 2.55 bits per heavy atom. The molecule has 112 valence electrons. The Hall–Kier alpha value is -1.44. The van der Waals surface area contributed by atoms with Gasteiger partial charge in [-0.1, -0.05) is 6.92 Å². The van der Waals surface area contributed by atoms with Gasteiger partial charge in [0.1, 0.15) is 0 Å². The van der Waals surface area contributed by atoms with Crippen LogP contribution >= 0.6 is 11.3 Å². The molecule has 6 nitrogen and oxygen atoms in total. The zero-order valence-corrected chi connectivity index (χ0v) is 13.2. The van der Waals surface area contributed by atoms with Gasteiger partial charge < -0.3 is 4.90 Å². The summed E-state index contributed by atoms with van der Waals surface area (Å²) in [4.78, 5) is 28.5. The lowest BCUT2D eigenvalue weighted by atomic mass is 10.2. The van der Waals surface area contributed by atoms with Crippen LogP contribution in [0.2, 0.25) is 0 Å². The van der Waals surface area contributed by atoms with Gasteiger partial charge in [-0.3, -0.25) is 19.9 Å². The summed E-state index contributed by atoms with van der Waals surface area (Å²) in [6, 6.07) is 1.84. The Balaban J connectivity index is 2.77. The van der Waals surface area contributed by atoms with Crippen LogP contribution in [-0.4, -0.2) is 48.8 Å². The molecule has 20 heavy (non-hydrogen) atoms. The first kappa shape index (κ1) is 16.6. The molecule has 3 N–H and O–H groups in total. The number of carbonyl (C=O) groups is 2. The molecule has 0 unspecified atom stereocenters. The smallest absolute Gasteiger partial charge is 0.275 e. The van der Waals surface area contributed by atoms with Crippen molar-refractivity contribution >= 4 is 23.2 Å². The van der Waals surface area contributed by atoms with Crippen LogP contribution in [0.1, 0.15) is 27.0 Å². The van der Waals surface area contributed by atoms with Gasteiger partial charge in [0.15, 0.2) is 0 Å². The molecule has 0 radical (unpaired) electrons. The first-order valence-corrected chi connectivity index (χ1v) is 7.23. The summed E-state index contributed by atoms with van der Waals surface area (Å²) < 4.78 is 0. The number of nitrogens with one attached hydrogen (secondary N) is 1. The Kier molecular flexibility index (Phi) is 6.12. The van der Waals surface area contributed by atoms with Crippen molar-refractivity contribution in [3.63, 3.8) is 0 Å². The van der Waals surface area contributed by atoms with Crippen molar-refractivity contribution in [2.24, 2.45) is 5.84 Å². The maximum Gasteiger partial charge on any atom is 0.275 e. The second kappa shape index (κ2) is 7.37. The lowest BCUT2D eigenvalue weighted by Crippen LogP contribution is -2.36. The Bertz CT molecular complexity index is 485. The van der Waals surface area contributed by atoms with Crippen molar-refractivity contribution in [2.75, 3.05) is 27.2 Å². The maximum absolute atomic E-state index is 11.8. The fourth-order valence-electron chi connectivity index (χ4n) is 1.71. The number of hydrazine groups is 1. The van der Waals surface area contributed by atoms with Gasteiger partial charge in [0.2, 0.25) is 5.91 Å². The van der Waals surface area contributed by atoms with Crippen LogP contribution in [0.25, 0.3) is 0 Å². The van der Waals surface area contributed by atoms with E-state index in [-0.39, 0.29) is 11.8 Å². The van der Waals surface area contributed by atoms with Crippen LogP contribution in [0.5, 0.6) is 0 Å². The number of hydrogen-bond donors (Lipinski definition) is 2. The number of rotatable bonds is 6. The molecule has 7 heteroatoms. The van der Waals surface area contributed by atoms with Crippen molar-refractivity contribution in [2.45, 2.75) is 20.4 Å². The van der Waals surface area contributed by atoms with Gasteiger partial charge in [-0.25, -0.2) is 5.84 Å². The fourth-order valence-corrected chi connectivity index (χ4v) is 2.65. The van der Waals surface area contributed by atoms with Crippen molar-refractivity contribution in [3.05, 3.63) is 21.4 Å². The molecule has 0 aliphatic heterocycles. The van der Waals surface area contributed by atoms with E-state index in [0.717, 1.165) is 17.0 Å². The molecule has 0 aliphatic rings. The molecule has 0 atom stereocenters. The summed E-state index contributed by atoms with van der Waals surface area (Å²) >= 11 is 1.41. The van der Waals surface area contributed by atoms with E-state index in [9.17, 15) is 9.59 Å². The summed E-state index contributed by atoms with van der Waals surface area (Å²) in [6.07, 6.45) is 0. The molecule has 1 rings (SSSR count). The predicted octanol–water partition coefficient (Wildman–Crippen LogP) is 0.570. The van der Waals surface area contributed by atoms with E-state index in [4.69, 9.17) is 5.84 Å². The van der Waals surface area contributed by atoms with E-state index in [0.29, 0.717) is 18.0 Å². The van der Waals surface area contributed by atoms with Gasteiger partial charge >= 0.3 is 0 Å². The average Bonchev–Trinajstić information content (AvgIpc) is 2.78. The quantitative estimate of drug-likeness (QED) is 0.457. The molecule has 1 aromatic rings. The highest BCUT2D eigenvalue weighted by molar-refractivity contribution is 7.14. The van der Waals surface area contributed by atoms with Gasteiger partial charge in [0.25, 0.3) is 5.91 Å². The second-order valence-corrected chi connectivity index (χ2v) is 6.01. The Morgan fingerprint density at radius 2 is 2.05 bits per heavy atom. The third-order valence-electron chi connectivity index (χ3n) is 3.07. The number of likely N-dealkylation sites (N-methyl/N-ethyl adjacent to an activating group) is 2. The van der Waals surface area contributed by atoms with E-state index in [2.05, 4.69) is 5.43 Å². The minimum absolute atomic E-state index is 0.0691. The minimum Gasteiger partial charge on any atom is -0.348 e. The van der Waals surface area contributed by atoms with E-state index < -0.39 is 0 Å². The summed E-state index contributed by atoms with van der Waals surface area (Å²) in [7, 11) is 3.49. The van der Waals surface area contributed by atoms with Crippen LogP contribution in [0.3, 0.4) is 0 Å². The van der Waals surface area contributed by atoms with Gasteiger partial charge in [-0.05, 0) is 25.1 Å².